The Hall–Kier alpha value is -2.84. The molecule has 1 aliphatic rings. The van der Waals surface area contributed by atoms with Crippen molar-refractivity contribution in [3.8, 4) is 11.4 Å². The van der Waals surface area contributed by atoms with Crippen LogP contribution in [-0.2, 0) is 11.2 Å². The Balaban J connectivity index is 0.00000272. The smallest absolute Gasteiger partial charge is 0.249 e. The van der Waals surface area contributed by atoms with Crippen molar-refractivity contribution >= 4 is 18.3 Å². The van der Waals surface area contributed by atoms with Crippen molar-refractivity contribution in [1.82, 2.24) is 15.0 Å². The maximum Gasteiger partial charge on any atom is 0.249 e. The summed E-state index contributed by atoms with van der Waals surface area (Å²) in [6.07, 6.45) is 1.87. The van der Waals surface area contributed by atoms with Gasteiger partial charge in [0.15, 0.2) is 0 Å². The fraction of sp³-hybridized carbons (Fsp3) is 0.318. The van der Waals surface area contributed by atoms with E-state index in [-0.39, 0.29) is 54.7 Å². The standard InChI is InChI=1S/C22H22F2N4O2.ClH/c23-16-7-3-6-15(11-16)21-26-22(30-27-21)19-9-4-10-28(19)20(29)13-17(25)12-14-5-1-2-8-18(14)24;/h1-3,5-8,11,17,19H,4,9-10,12-13,25H2;1H/t17-,19+;/m1./s1. The van der Waals surface area contributed by atoms with Gasteiger partial charge >= 0.3 is 0 Å². The number of aromatic nitrogens is 2. The highest BCUT2D eigenvalue weighted by molar-refractivity contribution is 5.85. The molecule has 0 bridgehead atoms. The highest BCUT2D eigenvalue weighted by Gasteiger charge is 2.34. The molecule has 9 heteroatoms. The summed E-state index contributed by atoms with van der Waals surface area (Å²) in [5, 5.41) is 3.94. The van der Waals surface area contributed by atoms with E-state index in [1.54, 1.807) is 35.2 Å². The maximum atomic E-state index is 13.8. The number of likely N-dealkylation sites (tertiary alicyclic amines) is 1. The van der Waals surface area contributed by atoms with Crippen molar-refractivity contribution in [3.05, 3.63) is 71.6 Å². The number of nitrogens with two attached hydrogens (primary N) is 1. The average molecular weight is 449 g/mol. The van der Waals surface area contributed by atoms with Crippen LogP contribution < -0.4 is 5.73 Å². The Kier molecular flexibility index (Phi) is 7.35. The first-order chi connectivity index (χ1) is 14.5. The number of hydrogen-bond donors (Lipinski definition) is 1. The molecule has 1 aliphatic heterocycles. The Morgan fingerprint density at radius 1 is 1.23 bits per heavy atom. The van der Waals surface area contributed by atoms with Crippen LogP contribution >= 0.6 is 12.4 Å². The molecule has 6 nitrogen and oxygen atoms in total. The van der Waals surface area contributed by atoms with Gasteiger partial charge in [-0.25, -0.2) is 8.78 Å². The molecule has 0 unspecified atom stereocenters. The molecule has 2 aromatic carbocycles. The van der Waals surface area contributed by atoms with Crippen molar-refractivity contribution in [2.75, 3.05) is 6.54 Å². The third-order valence-corrected chi connectivity index (χ3v) is 5.26. The third-order valence-electron chi connectivity index (χ3n) is 5.26. The predicted octanol–water partition coefficient (Wildman–Crippen LogP) is 4.06. The first-order valence-electron chi connectivity index (χ1n) is 9.89. The number of halogens is 3. The van der Waals surface area contributed by atoms with Crippen molar-refractivity contribution in [1.29, 1.82) is 0 Å². The number of nitrogens with zero attached hydrogens (tertiary/aromatic N) is 3. The van der Waals surface area contributed by atoms with E-state index in [9.17, 15) is 13.6 Å². The monoisotopic (exact) mass is 448 g/mol. The fourth-order valence-electron chi connectivity index (χ4n) is 3.80. The number of benzene rings is 2. The van der Waals surface area contributed by atoms with E-state index in [1.807, 2.05) is 0 Å². The second-order valence-corrected chi connectivity index (χ2v) is 7.47. The third kappa shape index (κ3) is 5.26. The van der Waals surface area contributed by atoms with Gasteiger partial charge in [-0.2, -0.15) is 4.98 Å². The van der Waals surface area contributed by atoms with Crippen LogP contribution in [0.15, 0.2) is 53.1 Å². The summed E-state index contributed by atoms with van der Waals surface area (Å²) in [6, 6.07) is 11.5. The van der Waals surface area contributed by atoms with E-state index < -0.39 is 6.04 Å². The molecule has 1 amide bonds. The first-order valence-corrected chi connectivity index (χ1v) is 9.89. The summed E-state index contributed by atoms with van der Waals surface area (Å²) in [7, 11) is 0. The molecule has 1 fully saturated rings. The van der Waals surface area contributed by atoms with Crippen molar-refractivity contribution in [2.45, 2.75) is 37.8 Å². The van der Waals surface area contributed by atoms with Crippen LogP contribution in [0.5, 0.6) is 0 Å². The molecule has 1 aromatic heterocycles. The summed E-state index contributed by atoms with van der Waals surface area (Å²) >= 11 is 0. The fourth-order valence-corrected chi connectivity index (χ4v) is 3.80. The second kappa shape index (κ2) is 9.98. The van der Waals surface area contributed by atoms with Gasteiger partial charge in [0.1, 0.15) is 17.7 Å². The van der Waals surface area contributed by atoms with Crippen LogP contribution in [0.2, 0.25) is 0 Å². The van der Waals surface area contributed by atoms with Gasteiger partial charge in [0.2, 0.25) is 17.6 Å². The van der Waals surface area contributed by atoms with Gasteiger partial charge in [0.25, 0.3) is 0 Å². The number of hydrogen-bond acceptors (Lipinski definition) is 5. The second-order valence-electron chi connectivity index (χ2n) is 7.47. The zero-order valence-electron chi connectivity index (χ0n) is 16.7. The SMILES string of the molecule is Cl.N[C@@H](CC(=O)N1CCC[C@H]1c1nc(-c2cccc(F)c2)no1)Cc1ccccc1F. The zero-order valence-corrected chi connectivity index (χ0v) is 17.5. The van der Waals surface area contributed by atoms with Gasteiger partial charge in [-0.05, 0) is 43.0 Å². The minimum atomic E-state index is -0.499. The van der Waals surface area contributed by atoms with Gasteiger partial charge in [-0.3, -0.25) is 4.79 Å². The van der Waals surface area contributed by atoms with E-state index in [1.165, 1.54) is 18.2 Å². The molecule has 0 spiro atoms. The summed E-state index contributed by atoms with van der Waals surface area (Å²) in [5.74, 6) is -0.245. The topological polar surface area (TPSA) is 85.3 Å². The summed E-state index contributed by atoms with van der Waals surface area (Å²) in [4.78, 5) is 18.9. The summed E-state index contributed by atoms with van der Waals surface area (Å²) < 4.78 is 32.7. The molecule has 2 heterocycles. The average Bonchev–Trinajstić information content (AvgIpc) is 3.39. The van der Waals surface area contributed by atoms with E-state index in [4.69, 9.17) is 10.3 Å². The van der Waals surface area contributed by atoms with Crippen LogP contribution in [0.3, 0.4) is 0 Å². The van der Waals surface area contributed by atoms with Crippen LogP contribution in [-0.4, -0.2) is 33.5 Å². The van der Waals surface area contributed by atoms with Crippen LogP contribution in [0.1, 0.15) is 36.8 Å². The quantitative estimate of drug-likeness (QED) is 0.614. The Morgan fingerprint density at radius 2 is 2.03 bits per heavy atom. The maximum absolute atomic E-state index is 13.8. The first kappa shape index (κ1) is 22.8. The van der Waals surface area contributed by atoms with E-state index in [2.05, 4.69) is 10.1 Å². The van der Waals surface area contributed by atoms with Crippen LogP contribution in [0.4, 0.5) is 8.78 Å². The molecular weight excluding hydrogens is 426 g/mol. The van der Waals surface area contributed by atoms with Gasteiger partial charge in [-0.1, -0.05) is 35.5 Å². The molecule has 2 atom stereocenters. The molecule has 1 saturated heterocycles. The molecule has 0 saturated carbocycles. The zero-order chi connectivity index (χ0) is 21.1. The highest BCUT2D eigenvalue weighted by atomic mass is 35.5. The van der Waals surface area contributed by atoms with Crippen molar-refractivity contribution < 1.29 is 18.1 Å². The van der Waals surface area contributed by atoms with Gasteiger partial charge in [0.05, 0.1) is 0 Å². The lowest BCUT2D eigenvalue weighted by molar-refractivity contribution is -0.132. The molecule has 164 valence electrons. The molecule has 0 radical (unpaired) electrons. The van der Waals surface area contributed by atoms with E-state index in [0.29, 0.717) is 30.0 Å². The molecule has 0 aliphatic carbocycles. The Labute approximate surface area is 184 Å². The molecule has 3 aromatic rings. The number of carbonyl (C=O) groups excluding carboxylic acids is 1. The normalized spacial score (nSPS) is 16.7. The lowest BCUT2D eigenvalue weighted by atomic mass is 10.0. The number of rotatable bonds is 6. The number of amides is 1. The number of carbonyl (C=O) groups is 1. The van der Waals surface area contributed by atoms with E-state index in [0.717, 1.165) is 6.42 Å². The minimum absolute atomic E-state index is 0. The van der Waals surface area contributed by atoms with Crippen LogP contribution in [0, 0.1) is 11.6 Å². The van der Waals surface area contributed by atoms with Gasteiger partial charge < -0.3 is 15.2 Å². The molecular formula is C22H23ClF2N4O2. The minimum Gasteiger partial charge on any atom is -0.337 e. The Morgan fingerprint density at radius 3 is 2.81 bits per heavy atom. The largest absolute Gasteiger partial charge is 0.337 e. The predicted molar refractivity (Wildman–Crippen MR) is 113 cm³/mol. The molecule has 4 rings (SSSR count). The van der Waals surface area contributed by atoms with Crippen molar-refractivity contribution in [3.63, 3.8) is 0 Å². The highest BCUT2D eigenvalue weighted by Crippen LogP contribution is 2.32. The molecule has 31 heavy (non-hydrogen) atoms. The summed E-state index contributed by atoms with van der Waals surface area (Å²) in [6.45, 7) is 0.563. The van der Waals surface area contributed by atoms with Crippen molar-refractivity contribution in [2.24, 2.45) is 5.73 Å². The lowest BCUT2D eigenvalue weighted by Crippen LogP contribution is -2.36. The van der Waals surface area contributed by atoms with Gasteiger partial charge in [0, 0.05) is 24.6 Å². The van der Waals surface area contributed by atoms with E-state index >= 15 is 0 Å². The van der Waals surface area contributed by atoms with Crippen LogP contribution in [0.25, 0.3) is 11.4 Å². The summed E-state index contributed by atoms with van der Waals surface area (Å²) in [5.41, 5.74) is 7.12. The molecule has 2 N–H and O–H groups in total. The Bertz CT molecular complexity index is 1050. The lowest BCUT2D eigenvalue weighted by Gasteiger charge is -2.23. The van der Waals surface area contributed by atoms with Gasteiger partial charge in [-0.15, -0.1) is 12.4 Å².